The van der Waals surface area contributed by atoms with Gasteiger partial charge in [0.1, 0.15) is 0 Å². The molecule has 3 heteroatoms. The minimum atomic E-state index is -0.685. The van der Waals surface area contributed by atoms with Crippen LogP contribution in [0.2, 0.25) is 0 Å². The molecule has 0 aliphatic carbocycles. The predicted molar refractivity (Wildman–Crippen MR) is 95.9 cm³/mol. The second-order valence-electron chi connectivity index (χ2n) is 7.23. The lowest BCUT2D eigenvalue weighted by molar-refractivity contribution is 0.0460. The van der Waals surface area contributed by atoms with Crippen molar-refractivity contribution in [1.29, 1.82) is 0 Å². The molecule has 0 aromatic heterocycles. The number of aryl methyl sites for hydroxylation is 1. The van der Waals surface area contributed by atoms with Crippen molar-refractivity contribution in [3.8, 4) is 0 Å². The molecule has 1 atom stereocenters. The monoisotopic (exact) mass is 323 g/mol. The number of benzene rings is 2. The lowest BCUT2D eigenvalue weighted by Gasteiger charge is -2.41. The third-order valence-corrected chi connectivity index (χ3v) is 4.66. The molecular weight excluding hydrogens is 298 g/mol. The van der Waals surface area contributed by atoms with Crippen LogP contribution in [0.1, 0.15) is 54.2 Å². The number of hydrogen-bond acceptors (Lipinski definition) is 2. The van der Waals surface area contributed by atoms with Crippen LogP contribution in [0, 0.1) is 0 Å². The summed E-state index contributed by atoms with van der Waals surface area (Å²) in [6.07, 6.45) is 2.47. The zero-order valence-electron chi connectivity index (χ0n) is 14.4. The molecule has 2 aromatic carbocycles. The van der Waals surface area contributed by atoms with Crippen LogP contribution in [0.4, 0.5) is 0 Å². The molecule has 1 N–H and O–H groups in total. The largest absolute Gasteiger partial charge is 0.390 e. The van der Waals surface area contributed by atoms with Gasteiger partial charge in [-0.25, -0.2) is 0 Å². The van der Waals surface area contributed by atoms with E-state index >= 15 is 0 Å². The van der Waals surface area contributed by atoms with Gasteiger partial charge in [0, 0.05) is 12.1 Å². The molecule has 1 heterocycles. The summed E-state index contributed by atoms with van der Waals surface area (Å²) in [4.78, 5) is 14.8. The van der Waals surface area contributed by atoms with Crippen molar-refractivity contribution < 1.29 is 9.90 Å². The molecular formula is C21H25NO2. The van der Waals surface area contributed by atoms with Gasteiger partial charge in [0.15, 0.2) is 0 Å². The highest BCUT2D eigenvalue weighted by atomic mass is 16.3. The van der Waals surface area contributed by atoms with Crippen molar-refractivity contribution in [2.24, 2.45) is 0 Å². The first-order chi connectivity index (χ1) is 11.4. The summed E-state index contributed by atoms with van der Waals surface area (Å²) in [5, 5.41) is 9.88. The van der Waals surface area contributed by atoms with E-state index in [9.17, 15) is 9.90 Å². The van der Waals surface area contributed by atoms with Crippen molar-refractivity contribution >= 4 is 5.91 Å². The average molecular weight is 323 g/mol. The van der Waals surface area contributed by atoms with E-state index in [4.69, 9.17) is 0 Å². The van der Waals surface area contributed by atoms with Gasteiger partial charge in [0.2, 0.25) is 0 Å². The van der Waals surface area contributed by atoms with E-state index < -0.39 is 5.60 Å². The Morgan fingerprint density at radius 1 is 1.17 bits per heavy atom. The van der Waals surface area contributed by atoms with E-state index in [1.165, 1.54) is 5.56 Å². The van der Waals surface area contributed by atoms with Gasteiger partial charge in [-0.3, -0.25) is 4.79 Å². The van der Waals surface area contributed by atoms with Crippen LogP contribution in [0.3, 0.4) is 0 Å². The molecule has 1 aliphatic heterocycles. The molecule has 2 aromatic rings. The van der Waals surface area contributed by atoms with E-state index in [0.717, 1.165) is 30.5 Å². The highest BCUT2D eigenvalue weighted by Crippen LogP contribution is 2.34. The zero-order valence-corrected chi connectivity index (χ0v) is 14.4. The van der Waals surface area contributed by atoms with Crippen molar-refractivity contribution in [2.45, 2.75) is 44.8 Å². The molecule has 1 amide bonds. The molecule has 3 rings (SSSR count). The SMILES string of the molecule is CC(C)(O)CCc1cccc(C(=O)N2CCC2c2ccccc2)c1. The number of aliphatic hydroxyl groups is 1. The molecule has 3 nitrogen and oxygen atoms in total. The van der Waals surface area contributed by atoms with E-state index in [-0.39, 0.29) is 11.9 Å². The third-order valence-electron chi connectivity index (χ3n) is 4.66. The van der Waals surface area contributed by atoms with Gasteiger partial charge in [-0.2, -0.15) is 0 Å². The second-order valence-corrected chi connectivity index (χ2v) is 7.23. The van der Waals surface area contributed by atoms with Gasteiger partial charge >= 0.3 is 0 Å². The molecule has 0 saturated carbocycles. The molecule has 1 fully saturated rings. The highest BCUT2D eigenvalue weighted by molar-refractivity contribution is 5.95. The van der Waals surface area contributed by atoms with Crippen LogP contribution < -0.4 is 0 Å². The van der Waals surface area contributed by atoms with Gasteiger partial charge in [0.05, 0.1) is 11.6 Å². The Balaban J connectivity index is 1.71. The van der Waals surface area contributed by atoms with E-state index in [2.05, 4.69) is 12.1 Å². The van der Waals surface area contributed by atoms with Crippen molar-refractivity contribution in [3.05, 3.63) is 71.3 Å². The summed E-state index contributed by atoms with van der Waals surface area (Å²) < 4.78 is 0. The molecule has 1 saturated heterocycles. The summed E-state index contributed by atoms with van der Waals surface area (Å²) in [5.41, 5.74) is 2.36. The van der Waals surface area contributed by atoms with Gasteiger partial charge in [-0.15, -0.1) is 0 Å². The number of amides is 1. The summed E-state index contributed by atoms with van der Waals surface area (Å²) in [6.45, 7) is 4.44. The van der Waals surface area contributed by atoms with Gasteiger partial charge in [-0.1, -0.05) is 42.5 Å². The Bertz CT molecular complexity index is 703. The average Bonchev–Trinajstić information content (AvgIpc) is 2.52. The summed E-state index contributed by atoms with van der Waals surface area (Å²) >= 11 is 0. The fraction of sp³-hybridized carbons (Fsp3) is 0.381. The quantitative estimate of drug-likeness (QED) is 0.904. The predicted octanol–water partition coefficient (Wildman–Crippen LogP) is 3.98. The summed E-state index contributed by atoms with van der Waals surface area (Å²) in [7, 11) is 0. The summed E-state index contributed by atoms with van der Waals surface area (Å²) in [5.74, 6) is 0.0974. The fourth-order valence-corrected chi connectivity index (χ4v) is 3.13. The number of carbonyl (C=O) groups is 1. The Morgan fingerprint density at radius 2 is 1.92 bits per heavy atom. The van der Waals surface area contributed by atoms with Crippen LogP contribution in [0.15, 0.2) is 54.6 Å². The lowest BCUT2D eigenvalue weighted by atomic mass is 9.93. The molecule has 0 radical (unpaired) electrons. The number of nitrogens with zero attached hydrogens (tertiary/aromatic N) is 1. The maximum atomic E-state index is 12.8. The Labute approximate surface area is 143 Å². The molecule has 1 unspecified atom stereocenters. The molecule has 0 spiro atoms. The van der Waals surface area contributed by atoms with Crippen molar-refractivity contribution in [3.63, 3.8) is 0 Å². The first kappa shape index (κ1) is 16.7. The maximum absolute atomic E-state index is 12.8. The molecule has 24 heavy (non-hydrogen) atoms. The smallest absolute Gasteiger partial charge is 0.254 e. The number of hydrogen-bond donors (Lipinski definition) is 1. The highest BCUT2D eigenvalue weighted by Gasteiger charge is 2.33. The second kappa shape index (κ2) is 6.78. The van der Waals surface area contributed by atoms with Gasteiger partial charge in [0.25, 0.3) is 5.91 Å². The van der Waals surface area contributed by atoms with E-state index in [0.29, 0.717) is 6.42 Å². The zero-order chi connectivity index (χ0) is 17.2. The van der Waals surface area contributed by atoms with E-state index in [1.807, 2.05) is 61.2 Å². The van der Waals surface area contributed by atoms with E-state index in [1.54, 1.807) is 0 Å². The van der Waals surface area contributed by atoms with Gasteiger partial charge < -0.3 is 10.0 Å². The number of carbonyl (C=O) groups excluding carboxylic acids is 1. The Morgan fingerprint density at radius 3 is 2.54 bits per heavy atom. The van der Waals surface area contributed by atoms with Crippen molar-refractivity contribution in [1.82, 2.24) is 4.90 Å². The molecule has 1 aliphatic rings. The van der Waals surface area contributed by atoms with Crippen LogP contribution in [0.5, 0.6) is 0 Å². The van der Waals surface area contributed by atoms with Crippen LogP contribution in [0.25, 0.3) is 0 Å². The third kappa shape index (κ3) is 3.85. The Kier molecular flexibility index (Phi) is 4.72. The summed E-state index contributed by atoms with van der Waals surface area (Å²) in [6, 6.07) is 18.2. The molecule has 0 bridgehead atoms. The van der Waals surface area contributed by atoms with Crippen molar-refractivity contribution in [2.75, 3.05) is 6.54 Å². The maximum Gasteiger partial charge on any atom is 0.254 e. The lowest BCUT2D eigenvalue weighted by Crippen LogP contribution is -2.45. The minimum absolute atomic E-state index is 0.0974. The normalized spacial score (nSPS) is 17.5. The topological polar surface area (TPSA) is 40.5 Å². The minimum Gasteiger partial charge on any atom is -0.390 e. The standard InChI is InChI=1S/C21H25NO2/c1-21(2,24)13-11-16-7-6-10-18(15-16)20(23)22-14-12-19(22)17-8-4-3-5-9-17/h3-10,15,19,24H,11-14H2,1-2H3. The van der Waals surface area contributed by atoms with Gasteiger partial charge in [-0.05, 0) is 56.4 Å². The Hall–Kier alpha value is -2.13. The number of rotatable bonds is 5. The molecule has 126 valence electrons. The van der Waals surface area contributed by atoms with Crippen LogP contribution in [-0.4, -0.2) is 28.1 Å². The first-order valence-electron chi connectivity index (χ1n) is 8.61. The number of likely N-dealkylation sites (tertiary alicyclic amines) is 1. The fourth-order valence-electron chi connectivity index (χ4n) is 3.13. The van der Waals surface area contributed by atoms with Crippen LogP contribution >= 0.6 is 0 Å². The first-order valence-corrected chi connectivity index (χ1v) is 8.61. The van der Waals surface area contributed by atoms with Crippen LogP contribution in [-0.2, 0) is 6.42 Å².